The van der Waals surface area contributed by atoms with Gasteiger partial charge in [0.15, 0.2) is 6.61 Å². The molecule has 0 aromatic carbocycles. The number of oxime groups is 1. The van der Waals surface area contributed by atoms with Crippen LogP contribution in [0, 0.1) is 5.92 Å². The number of rotatable bonds is 10. The minimum Gasteiger partial charge on any atom is -0.384 e. The van der Waals surface area contributed by atoms with Crippen LogP contribution in [0.1, 0.15) is 52.9 Å². The fourth-order valence-electron chi connectivity index (χ4n) is 1.31. The maximum Gasteiger partial charge on any atom is 0.260 e. The van der Waals surface area contributed by atoms with Gasteiger partial charge in [-0.05, 0) is 18.8 Å². The van der Waals surface area contributed by atoms with Crippen LogP contribution in [0.15, 0.2) is 5.16 Å². The molecule has 0 aliphatic heterocycles. The van der Waals surface area contributed by atoms with Crippen molar-refractivity contribution in [1.82, 2.24) is 5.32 Å². The highest BCUT2D eigenvalue weighted by molar-refractivity contribution is 5.80. The van der Waals surface area contributed by atoms with E-state index in [9.17, 15) is 4.79 Å². The van der Waals surface area contributed by atoms with Crippen molar-refractivity contribution in [2.75, 3.05) is 13.2 Å². The van der Waals surface area contributed by atoms with Crippen LogP contribution in [0.3, 0.4) is 0 Å². The van der Waals surface area contributed by atoms with E-state index in [1.807, 2.05) is 0 Å². The van der Waals surface area contributed by atoms with Crippen molar-refractivity contribution in [1.29, 1.82) is 0 Å². The molecule has 5 nitrogen and oxygen atoms in total. The van der Waals surface area contributed by atoms with Crippen molar-refractivity contribution in [3.63, 3.8) is 0 Å². The van der Waals surface area contributed by atoms with Gasteiger partial charge in [-0.1, -0.05) is 38.8 Å². The molecule has 0 saturated heterocycles. The molecule has 0 aliphatic rings. The second-order valence-electron chi connectivity index (χ2n) is 4.85. The Kier molecular flexibility index (Phi) is 10.1. The lowest BCUT2D eigenvalue weighted by Crippen LogP contribution is -2.28. The van der Waals surface area contributed by atoms with Gasteiger partial charge in [0.25, 0.3) is 5.91 Å². The van der Waals surface area contributed by atoms with Gasteiger partial charge in [-0.2, -0.15) is 0 Å². The lowest BCUT2D eigenvalue weighted by molar-refractivity contribution is -0.125. The van der Waals surface area contributed by atoms with Crippen molar-refractivity contribution in [2.24, 2.45) is 16.8 Å². The van der Waals surface area contributed by atoms with Crippen molar-refractivity contribution >= 4 is 11.7 Å². The van der Waals surface area contributed by atoms with Crippen LogP contribution < -0.4 is 11.1 Å². The second kappa shape index (κ2) is 10.9. The largest absolute Gasteiger partial charge is 0.384 e. The van der Waals surface area contributed by atoms with Gasteiger partial charge < -0.3 is 15.9 Å². The molecule has 0 heterocycles. The molecule has 0 aliphatic carbocycles. The lowest BCUT2D eigenvalue weighted by atomic mass is 10.1. The monoisotopic (exact) mass is 257 g/mol. The summed E-state index contributed by atoms with van der Waals surface area (Å²) in [5, 5.41) is 6.48. The first-order chi connectivity index (χ1) is 8.56. The Hall–Kier alpha value is -1.26. The van der Waals surface area contributed by atoms with E-state index in [-0.39, 0.29) is 12.5 Å². The third kappa shape index (κ3) is 11.2. The molecule has 0 unspecified atom stereocenters. The molecule has 0 fully saturated rings. The van der Waals surface area contributed by atoms with E-state index in [1.165, 1.54) is 0 Å². The van der Waals surface area contributed by atoms with Gasteiger partial charge in [-0.3, -0.25) is 4.79 Å². The van der Waals surface area contributed by atoms with Gasteiger partial charge in [0.2, 0.25) is 0 Å². The lowest BCUT2D eigenvalue weighted by Gasteiger charge is -2.05. The third-order valence-electron chi connectivity index (χ3n) is 2.46. The average molecular weight is 257 g/mol. The topological polar surface area (TPSA) is 76.7 Å². The van der Waals surface area contributed by atoms with Crippen LogP contribution in [0.2, 0.25) is 0 Å². The highest BCUT2D eigenvalue weighted by Crippen LogP contribution is 2.02. The number of amidine groups is 1. The minimum atomic E-state index is -0.147. The number of amides is 1. The molecular formula is C13H27N3O2. The zero-order valence-corrected chi connectivity index (χ0v) is 11.9. The van der Waals surface area contributed by atoms with Crippen LogP contribution >= 0.6 is 0 Å². The first kappa shape index (κ1) is 16.7. The summed E-state index contributed by atoms with van der Waals surface area (Å²) in [5.41, 5.74) is 5.64. The van der Waals surface area contributed by atoms with Crippen molar-refractivity contribution < 1.29 is 9.63 Å². The van der Waals surface area contributed by atoms with Crippen LogP contribution in [0.5, 0.6) is 0 Å². The molecule has 0 aromatic heterocycles. The number of carbonyl (C=O) groups is 1. The van der Waals surface area contributed by atoms with Gasteiger partial charge in [0.1, 0.15) is 5.84 Å². The summed E-state index contributed by atoms with van der Waals surface area (Å²) in [4.78, 5) is 16.2. The fourth-order valence-corrected chi connectivity index (χ4v) is 1.31. The molecule has 18 heavy (non-hydrogen) atoms. The maximum atomic E-state index is 11.3. The Morgan fingerprint density at radius 3 is 2.72 bits per heavy atom. The predicted molar refractivity (Wildman–Crippen MR) is 74.2 cm³/mol. The Bertz CT molecular complexity index is 253. The van der Waals surface area contributed by atoms with Crippen LogP contribution in [0.4, 0.5) is 0 Å². The highest BCUT2D eigenvalue weighted by Gasteiger charge is 2.01. The molecule has 5 heteroatoms. The zero-order valence-electron chi connectivity index (χ0n) is 11.9. The van der Waals surface area contributed by atoms with Crippen LogP contribution in [0.25, 0.3) is 0 Å². The molecule has 0 atom stereocenters. The number of nitrogens with zero attached hydrogens (tertiary/aromatic N) is 1. The van der Waals surface area contributed by atoms with Crippen molar-refractivity contribution in [3.8, 4) is 0 Å². The normalized spacial score (nSPS) is 11.7. The molecule has 0 aromatic rings. The molecule has 3 N–H and O–H groups in total. The second-order valence-corrected chi connectivity index (χ2v) is 4.85. The van der Waals surface area contributed by atoms with Gasteiger partial charge in [-0.25, -0.2) is 0 Å². The number of nitrogens with two attached hydrogens (primary N) is 1. The molecule has 0 spiro atoms. The third-order valence-corrected chi connectivity index (χ3v) is 2.46. The summed E-state index contributed by atoms with van der Waals surface area (Å²) < 4.78 is 0. The molecular weight excluding hydrogens is 230 g/mol. The summed E-state index contributed by atoms with van der Waals surface area (Å²) in [6.07, 6.45) is 4.95. The minimum absolute atomic E-state index is 0.0610. The van der Waals surface area contributed by atoms with Gasteiger partial charge in [0.05, 0.1) is 0 Å². The van der Waals surface area contributed by atoms with E-state index >= 15 is 0 Å². The van der Waals surface area contributed by atoms with E-state index < -0.39 is 0 Å². The summed E-state index contributed by atoms with van der Waals surface area (Å²) in [6, 6.07) is 0. The van der Waals surface area contributed by atoms with E-state index in [2.05, 4.69) is 31.2 Å². The highest BCUT2D eigenvalue weighted by atomic mass is 16.6. The summed E-state index contributed by atoms with van der Waals surface area (Å²) in [5.74, 6) is 0.884. The molecule has 1 amide bonds. The van der Waals surface area contributed by atoms with Gasteiger partial charge >= 0.3 is 0 Å². The molecule has 0 saturated carbocycles. The first-order valence-electron chi connectivity index (χ1n) is 6.77. The first-order valence-corrected chi connectivity index (χ1v) is 6.77. The number of hydrogen-bond donors (Lipinski definition) is 2. The van der Waals surface area contributed by atoms with Crippen molar-refractivity contribution in [3.05, 3.63) is 0 Å². The number of hydrogen-bond acceptors (Lipinski definition) is 3. The Balaban J connectivity index is 3.56. The average Bonchev–Trinajstić information content (AvgIpc) is 2.32. The van der Waals surface area contributed by atoms with Gasteiger partial charge in [-0.15, -0.1) is 0 Å². The van der Waals surface area contributed by atoms with E-state index in [0.29, 0.717) is 24.7 Å². The Labute approximate surface area is 110 Å². The summed E-state index contributed by atoms with van der Waals surface area (Å²) >= 11 is 0. The Morgan fingerprint density at radius 2 is 2.11 bits per heavy atom. The molecule has 0 radical (unpaired) electrons. The smallest absolute Gasteiger partial charge is 0.260 e. The van der Waals surface area contributed by atoms with E-state index in [0.717, 1.165) is 25.7 Å². The quantitative estimate of drug-likeness (QED) is 0.272. The van der Waals surface area contributed by atoms with Crippen molar-refractivity contribution in [2.45, 2.75) is 52.9 Å². The standard InChI is InChI=1S/C13H27N3O2/c1-4-5-6-9-15-13(17)10-18-16-12(14)8-7-11(2)3/h11H,4-10H2,1-3H3,(H2,14,16)(H,15,17). The zero-order chi connectivity index (χ0) is 13.8. The Morgan fingerprint density at radius 1 is 1.39 bits per heavy atom. The fraction of sp³-hybridized carbons (Fsp3) is 0.846. The predicted octanol–water partition coefficient (Wildman–Crippen LogP) is 2.02. The van der Waals surface area contributed by atoms with Crippen LogP contribution in [-0.4, -0.2) is 24.9 Å². The molecule has 106 valence electrons. The van der Waals surface area contributed by atoms with Crippen LogP contribution in [-0.2, 0) is 9.63 Å². The van der Waals surface area contributed by atoms with E-state index in [1.54, 1.807) is 0 Å². The number of nitrogens with one attached hydrogen (secondary N) is 1. The summed E-state index contributed by atoms with van der Waals surface area (Å²) in [6.45, 7) is 7.01. The maximum absolute atomic E-state index is 11.3. The van der Waals surface area contributed by atoms with E-state index in [4.69, 9.17) is 10.6 Å². The molecule has 0 bridgehead atoms. The number of unbranched alkanes of at least 4 members (excludes halogenated alkanes) is 2. The van der Waals surface area contributed by atoms with Gasteiger partial charge in [0, 0.05) is 13.0 Å². The molecule has 0 rings (SSSR count). The SMILES string of the molecule is CCCCCNC(=O)CO/N=C(\N)CCC(C)C. The number of carbonyl (C=O) groups excluding carboxylic acids is 1. The summed E-state index contributed by atoms with van der Waals surface area (Å²) in [7, 11) is 0.